The predicted octanol–water partition coefficient (Wildman–Crippen LogP) is 4.73. The van der Waals surface area contributed by atoms with Crippen LogP contribution in [0.3, 0.4) is 0 Å². The van der Waals surface area contributed by atoms with Crippen molar-refractivity contribution in [3.8, 4) is 0 Å². The molecule has 1 aromatic heterocycles. The van der Waals surface area contributed by atoms with Gasteiger partial charge in [-0.05, 0) is 18.9 Å². The van der Waals surface area contributed by atoms with Crippen LogP contribution in [0.2, 0.25) is 0 Å². The van der Waals surface area contributed by atoms with Crippen LogP contribution in [-0.4, -0.2) is 0 Å². The van der Waals surface area contributed by atoms with Crippen molar-refractivity contribution in [1.29, 1.82) is 0 Å². The van der Waals surface area contributed by atoms with Gasteiger partial charge in [0, 0.05) is 25.5 Å². The van der Waals surface area contributed by atoms with Crippen molar-refractivity contribution in [1.82, 2.24) is 0 Å². The first-order valence-corrected chi connectivity index (χ1v) is 7.70. The number of unbranched alkanes of at least 4 members (excludes halogenated alkanes) is 7. The van der Waals surface area contributed by atoms with E-state index in [0.29, 0.717) is 0 Å². The third-order valence-electron chi connectivity index (χ3n) is 3.66. The fourth-order valence-corrected chi connectivity index (χ4v) is 2.45. The highest BCUT2D eigenvalue weighted by Gasteiger charge is 2.04. The fraction of sp³-hybridized carbons (Fsp3) is 0.706. The molecule has 102 valence electrons. The third kappa shape index (κ3) is 6.18. The van der Waals surface area contributed by atoms with Crippen LogP contribution in [0.4, 0.5) is 0 Å². The minimum Gasteiger partial charge on any atom is -0.203 e. The largest absolute Gasteiger partial charge is 0.203 e. The zero-order valence-electron chi connectivity index (χ0n) is 12.5. The molecule has 0 unspecified atom stereocenters. The van der Waals surface area contributed by atoms with Gasteiger partial charge in [-0.3, -0.25) is 0 Å². The van der Waals surface area contributed by atoms with Crippen LogP contribution in [0, 0.1) is 13.8 Å². The molecule has 0 saturated heterocycles. The maximum atomic E-state index is 2.38. The van der Waals surface area contributed by atoms with E-state index in [1.807, 2.05) is 0 Å². The van der Waals surface area contributed by atoms with E-state index in [2.05, 4.69) is 43.7 Å². The fourth-order valence-electron chi connectivity index (χ4n) is 2.45. The van der Waals surface area contributed by atoms with Gasteiger partial charge in [0.05, 0.1) is 0 Å². The number of aromatic nitrogens is 1. The maximum Gasteiger partial charge on any atom is 0.178 e. The number of hydrogen-bond donors (Lipinski definition) is 0. The van der Waals surface area contributed by atoms with Crippen LogP contribution in [0.1, 0.15) is 69.5 Å². The summed E-state index contributed by atoms with van der Waals surface area (Å²) in [4.78, 5) is 0. The molecule has 0 bridgehead atoms. The molecule has 0 saturated carbocycles. The normalized spacial score (nSPS) is 10.8. The zero-order chi connectivity index (χ0) is 13.2. The van der Waals surface area contributed by atoms with Crippen molar-refractivity contribution in [3.05, 3.63) is 29.6 Å². The summed E-state index contributed by atoms with van der Waals surface area (Å²) in [7, 11) is 0. The van der Waals surface area contributed by atoms with Gasteiger partial charge >= 0.3 is 0 Å². The van der Waals surface area contributed by atoms with Crippen molar-refractivity contribution in [2.75, 3.05) is 0 Å². The Hall–Kier alpha value is -0.850. The first-order chi connectivity index (χ1) is 8.74. The summed E-state index contributed by atoms with van der Waals surface area (Å²) < 4.78 is 2.38. The van der Waals surface area contributed by atoms with Crippen LogP contribution in [0.15, 0.2) is 18.3 Å². The summed E-state index contributed by atoms with van der Waals surface area (Å²) in [5.74, 6) is 0. The van der Waals surface area contributed by atoms with Crippen molar-refractivity contribution in [2.24, 2.45) is 0 Å². The summed E-state index contributed by atoms with van der Waals surface area (Å²) in [6.07, 6.45) is 13.4. The molecule has 0 spiro atoms. The summed E-state index contributed by atoms with van der Waals surface area (Å²) >= 11 is 0. The Kier molecular flexibility index (Phi) is 7.71. The van der Waals surface area contributed by atoms with Crippen LogP contribution in [0.5, 0.6) is 0 Å². The minimum atomic E-state index is 1.18. The van der Waals surface area contributed by atoms with Gasteiger partial charge in [-0.2, -0.15) is 0 Å². The van der Waals surface area contributed by atoms with Crippen LogP contribution >= 0.6 is 0 Å². The second-order valence-electron chi connectivity index (χ2n) is 5.51. The summed E-state index contributed by atoms with van der Waals surface area (Å²) in [5, 5.41) is 0. The highest BCUT2D eigenvalue weighted by Crippen LogP contribution is 2.08. The van der Waals surface area contributed by atoms with Crippen LogP contribution < -0.4 is 4.57 Å². The molecule has 0 aliphatic rings. The lowest BCUT2D eigenvalue weighted by atomic mass is 10.1. The quantitative estimate of drug-likeness (QED) is 0.439. The molecular weight excluding hydrogens is 218 g/mol. The number of hydrogen-bond acceptors (Lipinski definition) is 0. The van der Waals surface area contributed by atoms with Gasteiger partial charge in [0.25, 0.3) is 0 Å². The Morgan fingerprint density at radius 3 is 2.11 bits per heavy atom. The highest BCUT2D eigenvalue weighted by atomic mass is 14.9. The molecule has 0 aliphatic heterocycles. The Labute approximate surface area is 113 Å². The third-order valence-corrected chi connectivity index (χ3v) is 3.66. The number of rotatable bonds is 9. The average molecular weight is 248 g/mol. The van der Waals surface area contributed by atoms with Gasteiger partial charge in [0.15, 0.2) is 11.9 Å². The second-order valence-corrected chi connectivity index (χ2v) is 5.51. The van der Waals surface area contributed by atoms with Crippen molar-refractivity contribution >= 4 is 0 Å². The van der Waals surface area contributed by atoms with Gasteiger partial charge in [0.2, 0.25) is 0 Å². The Morgan fingerprint density at radius 1 is 0.889 bits per heavy atom. The zero-order valence-corrected chi connectivity index (χ0v) is 12.5. The standard InChI is InChI=1S/C17H30N/c1-4-5-6-7-8-9-10-11-13-18-14-12-16(2)15-17(18)3/h12,14-15H,4-11,13H2,1-3H3/q+1. The topological polar surface area (TPSA) is 3.88 Å². The lowest BCUT2D eigenvalue weighted by molar-refractivity contribution is -0.703. The minimum absolute atomic E-state index is 1.18. The first kappa shape index (κ1) is 15.2. The molecule has 1 nitrogen and oxygen atoms in total. The predicted molar refractivity (Wildman–Crippen MR) is 78.7 cm³/mol. The molecular formula is C17H30N+. The van der Waals surface area contributed by atoms with E-state index >= 15 is 0 Å². The highest BCUT2D eigenvalue weighted by molar-refractivity contribution is 5.08. The molecule has 0 atom stereocenters. The smallest absolute Gasteiger partial charge is 0.178 e. The molecule has 1 rings (SSSR count). The second kappa shape index (κ2) is 9.13. The SMILES string of the molecule is CCCCCCCCCC[n+]1ccc(C)cc1C. The van der Waals surface area contributed by atoms with Crippen molar-refractivity contribution < 1.29 is 4.57 Å². The molecule has 0 aromatic carbocycles. The maximum absolute atomic E-state index is 2.38. The average Bonchev–Trinajstić information content (AvgIpc) is 2.35. The van der Waals surface area contributed by atoms with Crippen LogP contribution in [0.25, 0.3) is 0 Å². The van der Waals surface area contributed by atoms with E-state index in [1.165, 1.54) is 69.2 Å². The molecule has 1 heteroatoms. The lowest BCUT2D eigenvalue weighted by Gasteiger charge is -2.02. The number of pyridine rings is 1. The molecule has 0 amide bonds. The monoisotopic (exact) mass is 248 g/mol. The van der Waals surface area contributed by atoms with E-state index in [-0.39, 0.29) is 0 Å². The van der Waals surface area contributed by atoms with Gasteiger partial charge < -0.3 is 0 Å². The van der Waals surface area contributed by atoms with Gasteiger partial charge in [-0.1, -0.05) is 45.4 Å². The Balaban J connectivity index is 2.07. The number of nitrogens with zero attached hydrogens (tertiary/aromatic N) is 1. The van der Waals surface area contributed by atoms with E-state index in [9.17, 15) is 0 Å². The lowest BCUT2D eigenvalue weighted by Crippen LogP contribution is -2.36. The van der Waals surface area contributed by atoms with Gasteiger partial charge in [-0.15, -0.1) is 0 Å². The van der Waals surface area contributed by atoms with E-state index in [4.69, 9.17) is 0 Å². The first-order valence-electron chi connectivity index (χ1n) is 7.70. The molecule has 1 heterocycles. The molecule has 18 heavy (non-hydrogen) atoms. The summed E-state index contributed by atoms with van der Waals surface area (Å²) in [5.41, 5.74) is 2.75. The Bertz CT molecular complexity index is 330. The van der Waals surface area contributed by atoms with Crippen molar-refractivity contribution in [3.63, 3.8) is 0 Å². The molecule has 0 N–H and O–H groups in total. The molecule has 0 aliphatic carbocycles. The summed E-state index contributed by atoms with van der Waals surface area (Å²) in [6, 6.07) is 4.47. The molecule has 1 aromatic rings. The Morgan fingerprint density at radius 2 is 1.50 bits per heavy atom. The molecule has 0 radical (unpaired) electrons. The summed E-state index contributed by atoms with van der Waals surface area (Å²) in [6.45, 7) is 7.83. The van der Waals surface area contributed by atoms with E-state index < -0.39 is 0 Å². The van der Waals surface area contributed by atoms with E-state index in [1.54, 1.807) is 0 Å². The number of aryl methyl sites for hydroxylation is 3. The van der Waals surface area contributed by atoms with Crippen molar-refractivity contribution in [2.45, 2.75) is 78.7 Å². The van der Waals surface area contributed by atoms with Gasteiger partial charge in [-0.25, -0.2) is 4.57 Å². The van der Waals surface area contributed by atoms with E-state index in [0.717, 1.165) is 0 Å². The molecule has 0 fully saturated rings. The van der Waals surface area contributed by atoms with Crippen LogP contribution in [-0.2, 0) is 6.54 Å². The van der Waals surface area contributed by atoms with Gasteiger partial charge in [0.1, 0.15) is 6.54 Å².